The van der Waals surface area contributed by atoms with Gasteiger partial charge in [-0.1, -0.05) is 12.1 Å². The monoisotopic (exact) mass is 560 g/mol. The van der Waals surface area contributed by atoms with E-state index in [0.29, 0.717) is 67.3 Å². The van der Waals surface area contributed by atoms with E-state index in [1.807, 2.05) is 24.3 Å². The molecule has 0 spiro atoms. The van der Waals surface area contributed by atoms with Gasteiger partial charge in [0.2, 0.25) is 23.0 Å². The lowest BCUT2D eigenvalue weighted by Crippen LogP contribution is -2.26. The maximum Gasteiger partial charge on any atom is 0.220 e. The van der Waals surface area contributed by atoms with Crippen LogP contribution in [-0.4, -0.2) is 44.7 Å². The van der Waals surface area contributed by atoms with Crippen molar-refractivity contribution in [3.05, 3.63) is 75.7 Å². The third kappa shape index (κ3) is 6.95. The number of ether oxygens (including phenoxy) is 3. The van der Waals surface area contributed by atoms with Crippen molar-refractivity contribution < 1.29 is 23.8 Å². The molecule has 0 saturated carbocycles. The van der Waals surface area contributed by atoms with Crippen LogP contribution < -0.4 is 35.6 Å². The minimum atomic E-state index is -0.381. The number of rotatable bonds is 11. The molecule has 0 saturated heterocycles. The first kappa shape index (κ1) is 29.4. The predicted molar refractivity (Wildman–Crippen MR) is 156 cm³/mol. The summed E-state index contributed by atoms with van der Waals surface area (Å²) in [5.74, 6) is 1.23. The molecule has 0 fully saturated rings. The molecule has 3 N–H and O–H groups in total. The summed E-state index contributed by atoms with van der Waals surface area (Å²) in [4.78, 5) is 41.8. The number of carbonyl (C=O) groups is 2. The van der Waals surface area contributed by atoms with Crippen LogP contribution in [0.3, 0.4) is 0 Å². The quantitative estimate of drug-likeness (QED) is 0.303. The van der Waals surface area contributed by atoms with Crippen molar-refractivity contribution in [2.24, 2.45) is 0 Å². The fourth-order valence-corrected chi connectivity index (χ4v) is 5.12. The molecule has 1 aliphatic carbocycles. The number of fused-ring (bicyclic) bond motifs is 3. The molecule has 0 bridgehead atoms. The summed E-state index contributed by atoms with van der Waals surface area (Å²) >= 11 is 0. The van der Waals surface area contributed by atoms with E-state index in [0.717, 1.165) is 22.3 Å². The molecule has 1 atom stereocenters. The van der Waals surface area contributed by atoms with Gasteiger partial charge in [0.1, 0.15) is 0 Å². The van der Waals surface area contributed by atoms with Gasteiger partial charge in [0.25, 0.3) is 0 Å². The predicted octanol–water partition coefficient (Wildman–Crippen LogP) is 3.77. The molecule has 4 rings (SSSR count). The fourth-order valence-electron chi connectivity index (χ4n) is 5.12. The first-order valence-electron chi connectivity index (χ1n) is 13.5. The summed E-state index contributed by atoms with van der Waals surface area (Å²) in [5.41, 5.74) is 4.31. The summed E-state index contributed by atoms with van der Waals surface area (Å²) in [7, 11) is 4.68. The Labute approximate surface area is 239 Å². The van der Waals surface area contributed by atoms with E-state index in [-0.39, 0.29) is 23.3 Å². The van der Waals surface area contributed by atoms with Crippen molar-refractivity contribution in [2.75, 3.05) is 33.2 Å². The Morgan fingerprint density at radius 3 is 2.54 bits per heavy atom. The van der Waals surface area contributed by atoms with E-state index in [9.17, 15) is 14.4 Å². The number of hydrogen-bond acceptors (Lipinski definition) is 8. The van der Waals surface area contributed by atoms with Crippen LogP contribution in [0.5, 0.6) is 17.2 Å². The highest BCUT2D eigenvalue weighted by Crippen LogP contribution is 2.50. The molecule has 1 aliphatic rings. The zero-order chi connectivity index (χ0) is 29.4. The highest BCUT2D eigenvalue weighted by atomic mass is 16.5. The van der Waals surface area contributed by atoms with E-state index < -0.39 is 0 Å². The summed E-state index contributed by atoms with van der Waals surface area (Å²) < 4.78 is 17.0. The average Bonchev–Trinajstić information content (AvgIpc) is 3.22. The molecule has 216 valence electrons. The van der Waals surface area contributed by atoms with Crippen LogP contribution in [0.2, 0.25) is 0 Å². The van der Waals surface area contributed by atoms with Crippen LogP contribution in [0.1, 0.15) is 48.9 Å². The highest BCUT2D eigenvalue weighted by molar-refractivity contribution is 5.83. The van der Waals surface area contributed by atoms with Gasteiger partial charge in [0.15, 0.2) is 11.5 Å². The Balaban J connectivity index is 1.60. The molecule has 10 nitrogen and oxygen atoms in total. The van der Waals surface area contributed by atoms with Gasteiger partial charge in [0.05, 0.1) is 33.1 Å². The topological polar surface area (TPSA) is 128 Å². The molecule has 1 aromatic heterocycles. The molecule has 2 amide bonds. The number of aryl methyl sites for hydroxylation is 1. The third-order valence-corrected chi connectivity index (χ3v) is 7.02. The molecular weight excluding hydrogens is 524 g/mol. The Bertz CT molecular complexity index is 1460. The van der Waals surface area contributed by atoms with Gasteiger partial charge in [-0.2, -0.15) is 0 Å². The van der Waals surface area contributed by atoms with Crippen molar-refractivity contribution >= 4 is 17.5 Å². The Hall–Kier alpha value is -4.60. The van der Waals surface area contributed by atoms with Gasteiger partial charge in [-0.15, -0.1) is 0 Å². The van der Waals surface area contributed by atoms with Crippen molar-refractivity contribution in [1.82, 2.24) is 15.6 Å². The van der Waals surface area contributed by atoms with E-state index in [1.165, 1.54) is 6.92 Å². The number of amides is 2. The number of carbonyl (C=O) groups excluding carboxylic acids is 2. The molecule has 10 heteroatoms. The molecule has 0 radical (unpaired) electrons. The number of anilines is 1. The molecule has 1 unspecified atom stereocenters. The minimum absolute atomic E-state index is 0.0745. The number of methoxy groups -OCH3 is 3. The molecule has 0 aliphatic heterocycles. The number of benzene rings is 1. The zero-order valence-electron chi connectivity index (χ0n) is 23.8. The number of nitrogens with one attached hydrogen (secondary N) is 3. The summed E-state index contributed by atoms with van der Waals surface area (Å²) in [6, 6.07) is 10.4. The van der Waals surface area contributed by atoms with Gasteiger partial charge >= 0.3 is 0 Å². The number of hydrogen-bond donors (Lipinski definition) is 3. The van der Waals surface area contributed by atoms with Crippen molar-refractivity contribution in [3.63, 3.8) is 0 Å². The Morgan fingerprint density at radius 1 is 1.05 bits per heavy atom. The number of nitrogens with zero attached hydrogens (tertiary/aromatic N) is 1. The lowest BCUT2D eigenvalue weighted by molar-refractivity contribution is -0.121. The van der Waals surface area contributed by atoms with E-state index >= 15 is 0 Å². The van der Waals surface area contributed by atoms with Gasteiger partial charge in [-0.05, 0) is 65.8 Å². The Kier molecular flexibility index (Phi) is 9.78. The maximum absolute atomic E-state index is 13.4. The van der Waals surface area contributed by atoms with E-state index in [2.05, 4.69) is 20.9 Å². The van der Waals surface area contributed by atoms with Crippen molar-refractivity contribution in [3.8, 4) is 28.4 Å². The van der Waals surface area contributed by atoms with Gasteiger partial charge in [0, 0.05) is 44.4 Å². The second kappa shape index (κ2) is 13.6. The number of pyridine rings is 1. The van der Waals surface area contributed by atoms with Crippen LogP contribution in [0.25, 0.3) is 11.1 Å². The largest absolute Gasteiger partial charge is 0.493 e. The summed E-state index contributed by atoms with van der Waals surface area (Å²) in [6.07, 6.45) is 5.46. The zero-order valence-corrected chi connectivity index (χ0v) is 23.8. The van der Waals surface area contributed by atoms with Gasteiger partial charge < -0.3 is 30.2 Å². The molecule has 41 heavy (non-hydrogen) atoms. The molecule has 2 aromatic carbocycles. The Morgan fingerprint density at radius 2 is 1.85 bits per heavy atom. The van der Waals surface area contributed by atoms with E-state index in [4.69, 9.17) is 14.2 Å². The van der Waals surface area contributed by atoms with Crippen molar-refractivity contribution in [2.45, 2.75) is 45.2 Å². The third-order valence-electron chi connectivity index (χ3n) is 7.02. The minimum Gasteiger partial charge on any atom is -0.493 e. The first-order chi connectivity index (χ1) is 19.9. The average molecular weight is 561 g/mol. The van der Waals surface area contributed by atoms with E-state index in [1.54, 1.807) is 45.9 Å². The fraction of sp³-hybridized carbons (Fsp3) is 0.355. The van der Waals surface area contributed by atoms with Gasteiger partial charge in [-0.3, -0.25) is 19.4 Å². The van der Waals surface area contributed by atoms with Crippen LogP contribution in [0, 0.1) is 0 Å². The van der Waals surface area contributed by atoms with Crippen LogP contribution in [-0.2, 0) is 22.6 Å². The molecular formula is C31H36N4O6. The summed E-state index contributed by atoms with van der Waals surface area (Å²) in [6.45, 7) is 2.32. The summed E-state index contributed by atoms with van der Waals surface area (Å²) in [5, 5.41) is 9.07. The lowest BCUT2D eigenvalue weighted by atomic mass is 9.95. The van der Waals surface area contributed by atoms with Crippen molar-refractivity contribution in [1.29, 1.82) is 0 Å². The normalized spacial score (nSPS) is 13.6. The first-order valence-corrected chi connectivity index (χ1v) is 13.5. The number of aromatic nitrogens is 1. The van der Waals surface area contributed by atoms with Crippen LogP contribution in [0.4, 0.5) is 5.69 Å². The van der Waals surface area contributed by atoms with Crippen LogP contribution in [0.15, 0.2) is 53.6 Å². The second-order valence-corrected chi connectivity index (χ2v) is 9.76. The molecule has 1 heterocycles. The lowest BCUT2D eigenvalue weighted by Gasteiger charge is -2.19. The van der Waals surface area contributed by atoms with Gasteiger partial charge in [-0.25, -0.2) is 0 Å². The SMILES string of the molecule is COc1cc2c(c(OC)c1OC)-c1ccc(NCCCC(=O)NCc3cccnc3)c(=O)cc1C(NC(C)=O)CC2. The maximum atomic E-state index is 13.4. The smallest absolute Gasteiger partial charge is 0.220 e. The standard InChI is InChI=1S/C31H36N4O6/c1-19(36)35-24-11-9-21-15-27(39-2)30(40-3)31(41-4)29(21)22-10-12-25(26(37)16-23(22)24)33-14-6-8-28(38)34-18-20-7-5-13-32-17-20/h5,7,10,12-13,15-17,24H,6,8-9,11,14,18H2,1-4H3,(H,33,37)(H,34,38)(H,35,36). The second-order valence-electron chi connectivity index (χ2n) is 9.76. The molecule has 3 aromatic rings. The highest BCUT2D eigenvalue weighted by Gasteiger charge is 2.29. The van der Waals surface area contributed by atoms with Crippen LogP contribution >= 0.6 is 0 Å².